The maximum absolute atomic E-state index is 13.9. The van der Waals surface area contributed by atoms with Crippen molar-refractivity contribution < 1.29 is 8.78 Å². The molecular weight excluding hydrogens is 368 g/mol. The van der Waals surface area contributed by atoms with Crippen LogP contribution in [0.5, 0.6) is 0 Å². The van der Waals surface area contributed by atoms with Crippen LogP contribution >= 0.6 is 11.8 Å². The second kappa shape index (κ2) is 7.46. The van der Waals surface area contributed by atoms with Crippen LogP contribution in [0.2, 0.25) is 0 Å². The second-order valence-corrected chi connectivity index (χ2v) is 8.27. The second-order valence-electron chi connectivity index (χ2n) is 7.15. The number of hydrogen-bond donors (Lipinski definition) is 0. The van der Waals surface area contributed by atoms with Gasteiger partial charge in [-0.05, 0) is 24.5 Å². The van der Waals surface area contributed by atoms with Crippen LogP contribution in [-0.4, -0.2) is 14.2 Å². The maximum atomic E-state index is 13.9. The van der Waals surface area contributed by atoms with Gasteiger partial charge in [0.15, 0.2) is 5.65 Å². The quantitative estimate of drug-likeness (QED) is 0.655. The van der Waals surface area contributed by atoms with Crippen LogP contribution in [0.25, 0.3) is 5.65 Å². The van der Waals surface area contributed by atoms with Crippen molar-refractivity contribution in [3.05, 3.63) is 58.1 Å². The molecule has 0 unspecified atom stereocenters. The van der Waals surface area contributed by atoms with Crippen molar-refractivity contribution >= 4 is 17.4 Å². The van der Waals surface area contributed by atoms with Gasteiger partial charge in [-0.15, -0.1) is 0 Å². The molecule has 4 rings (SSSR count). The molecule has 1 aliphatic rings. The first-order chi connectivity index (χ1) is 13.0. The minimum Gasteiger partial charge on any atom is -0.267 e. The third-order valence-electron chi connectivity index (χ3n) is 5.27. The Morgan fingerprint density at radius 2 is 2.00 bits per heavy atom. The molecule has 1 aliphatic carbocycles. The third-order valence-corrected chi connectivity index (χ3v) is 6.26. The zero-order valence-electron chi connectivity index (χ0n) is 15.1. The van der Waals surface area contributed by atoms with Crippen LogP contribution < -0.4 is 5.56 Å². The van der Waals surface area contributed by atoms with Crippen molar-refractivity contribution in [3.8, 4) is 0 Å². The van der Waals surface area contributed by atoms with Crippen molar-refractivity contribution in [2.45, 2.75) is 48.3 Å². The summed E-state index contributed by atoms with van der Waals surface area (Å²) in [5.74, 6) is -0.674. The zero-order valence-corrected chi connectivity index (χ0v) is 15.9. The van der Waals surface area contributed by atoms with Crippen LogP contribution in [0.3, 0.4) is 0 Å². The van der Waals surface area contributed by atoms with Crippen LogP contribution in [0.15, 0.2) is 45.2 Å². The molecule has 0 amide bonds. The Labute approximate surface area is 160 Å². The Bertz CT molecular complexity index is 1040. The van der Waals surface area contributed by atoms with Gasteiger partial charge in [0, 0.05) is 35.3 Å². The van der Waals surface area contributed by atoms with E-state index in [0.717, 1.165) is 42.7 Å². The smallest absolute Gasteiger partial charge is 0.267 e. The molecule has 0 N–H and O–H groups in total. The van der Waals surface area contributed by atoms with E-state index in [4.69, 9.17) is 0 Å². The van der Waals surface area contributed by atoms with Crippen LogP contribution in [0.1, 0.15) is 37.7 Å². The molecule has 0 atom stereocenters. The summed E-state index contributed by atoms with van der Waals surface area (Å²) < 4.78 is 30.3. The number of aryl methyl sites for hydroxylation is 1. The van der Waals surface area contributed by atoms with E-state index < -0.39 is 11.6 Å². The van der Waals surface area contributed by atoms with Crippen molar-refractivity contribution in [1.82, 2.24) is 14.2 Å². The van der Waals surface area contributed by atoms with E-state index in [9.17, 15) is 13.6 Å². The molecule has 1 aromatic carbocycles. The van der Waals surface area contributed by atoms with Gasteiger partial charge in [-0.3, -0.25) is 4.79 Å². The first kappa shape index (κ1) is 18.2. The van der Waals surface area contributed by atoms with Crippen LogP contribution in [-0.2, 0) is 13.5 Å². The fraction of sp³-hybridized carbons (Fsp3) is 0.400. The number of aromatic nitrogens is 3. The number of fused-ring (bicyclic) bond motifs is 1. The highest BCUT2D eigenvalue weighted by molar-refractivity contribution is 7.99. The summed E-state index contributed by atoms with van der Waals surface area (Å²) in [4.78, 5) is 18.2. The van der Waals surface area contributed by atoms with E-state index >= 15 is 0 Å². The summed E-state index contributed by atoms with van der Waals surface area (Å²) in [5, 5.41) is 0. The average Bonchev–Trinajstić information content (AvgIpc) is 2.90. The van der Waals surface area contributed by atoms with E-state index in [1.807, 2.05) is 0 Å². The molecule has 3 aromatic rings. The average molecular weight is 389 g/mol. The normalized spacial score (nSPS) is 15.5. The highest BCUT2D eigenvalue weighted by atomic mass is 32.2. The topological polar surface area (TPSA) is 39.3 Å². The Kier molecular flexibility index (Phi) is 5.04. The summed E-state index contributed by atoms with van der Waals surface area (Å²) in [5.41, 5.74) is 1.40. The van der Waals surface area contributed by atoms with Gasteiger partial charge in [0.25, 0.3) is 5.56 Å². The molecule has 7 heteroatoms. The Morgan fingerprint density at radius 1 is 1.22 bits per heavy atom. The molecule has 1 fully saturated rings. The summed E-state index contributed by atoms with van der Waals surface area (Å²) in [7, 11) is 1.72. The number of benzene rings is 1. The molecule has 4 nitrogen and oxygen atoms in total. The lowest BCUT2D eigenvalue weighted by atomic mass is 9.85. The van der Waals surface area contributed by atoms with Crippen molar-refractivity contribution in [2.75, 3.05) is 0 Å². The van der Waals surface area contributed by atoms with Crippen molar-refractivity contribution in [2.24, 2.45) is 13.0 Å². The summed E-state index contributed by atoms with van der Waals surface area (Å²) in [6.45, 7) is 0. The zero-order chi connectivity index (χ0) is 19.0. The summed E-state index contributed by atoms with van der Waals surface area (Å²) in [6.07, 6.45) is 10.3. The van der Waals surface area contributed by atoms with Gasteiger partial charge in [0.2, 0.25) is 0 Å². The SMILES string of the molecule is Cn1c(=O)c(CC2CCCCC2)c2ncc(Sc3ccc(F)cc3F)cn21. The first-order valence-electron chi connectivity index (χ1n) is 9.22. The lowest BCUT2D eigenvalue weighted by Gasteiger charge is -2.20. The predicted octanol–water partition coefficient (Wildman–Crippen LogP) is 4.59. The minimum absolute atomic E-state index is 0.0248. The van der Waals surface area contributed by atoms with E-state index in [1.54, 1.807) is 28.6 Å². The third kappa shape index (κ3) is 3.65. The van der Waals surface area contributed by atoms with Gasteiger partial charge in [0.05, 0.1) is 5.56 Å². The summed E-state index contributed by atoms with van der Waals surface area (Å²) >= 11 is 1.16. The molecule has 27 heavy (non-hydrogen) atoms. The van der Waals surface area contributed by atoms with E-state index in [-0.39, 0.29) is 5.56 Å². The van der Waals surface area contributed by atoms with Gasteiger partial charge >= 0.3 is 0 Å². The van der Waals surface area contributed by atoms with Gasteiger partial charge in [-0.1, -0.05) is 43.9 Å². The number of rotatable bonds is 4. The molecule has 0 saturated heterocycles. The molecule has 0 aliphatic heterocycles. The van der Waals surface area contributed by atoms with Crippen LogP contribution in [0, 0.1) is 17.6 Å². The summed E-state index contributed by atoms with van der Waals surface area (Å²) in [6, 6.07) is 3.50. The standard InChI is InChI=1S/C20H21F2N3OS/c1-24-20(26)16(9-13-5-3-2-4-6-13)19-23-11-15(12-25(19)24)27-18-8-7-14(21)10-17(18)22/h7-8,10-13H,2-6,9H2,1H3. The molecule has 0 radical (unpaired) electrons. The molecular formula is C20H21F2N3OS. The van der Waals surface area contributed by atoms with E-state index in [1.165, 1.54) is 31.4 Å². The Morgan fingerprint density at radius 3 is 2.74 bits per heavy atom. The predicted molar refractivity (Wildman–Crippen MR) is 101 cm³/mol. The fourth-order valence-electron chi connectivity index (χ4n) is 3.83. The lowest BCUT2D eigenvalue weighted by molar-refractivity contribution is 0.356. The van der Waals surface area contributed by atoms with Crippen molar-refractivity contribution in [3.63, 3.8) is 0 Å². The van der Waals surface area contributed by atoms with Crippen molar-refractivity contribution in [1.29, 1.82) is 0 Å². The highest BCUT2D eigenvalue weighted by Crippen LogP contribution is 2.31. The van der Waals surface area contributed by atoms with E-state index in [2.05, 4.69) is 4.98 Å². The Hall–Kier alpha value is -2.15. The molecule has 2 heterocycles. The number of halogens is 2. The fourth-order valence-corrected chi connectivity index (χ4v) is 4.63. The van der Waals surface area contributed by atoms with Gasteiger partial charge < -0.3 is 0 Å². The first-order valence-corrected chi connectivity index (χ1v) is 10.0. The monoisotopic (exact) mass is 389 g/mol. The van der Waals surface area contributed by atoms with Crippen LogP contribution in [0.4, 0.5) is 8.78 Å². The molecule has 1 saturated carbocycles. The largest absolute Gasteiger partial charge is 0.272 e. The minimum atomic E-state index is -0.612. The number of nitrogens with zero attached hydrogens (tertiary/aromatic N) is 3. The molecule has 142 valence electrons. The highest BCUT2D eigenvalue weighted by Gasteiger charge is 2.21. The molecule has 0 spiro atoms. The van der Waals surface area contributed by atoms with Gasteiger partial charge in [-0.25, -0.2) is 23.0 Å². The van der Waals surface area contributed by atoms with E-state index in [0.29, 0.717) is 21.4 Å². The maximum Gasteiger partial charge on any atom is 0.272 e. The van der Waals surface area contributed by atoms with Gasteiger partial charge in [-0.2, -0.15) is 0 Å². The number of hydrogen-bond acceptors (Lipinski definition) is 3. The van der Waals surface area contributed by atoms with Gasteiger partial charge in [0.1, 0.15) is 11.6 Å². The Balaban J connectivity index is 1.66. The lowest BCUT2D eigenvalue weighted by Crippen LogP contribution is -2.19. The molecule has 2 aromatic heterocycles. The molecule has 0 bridgehead atoms.